The van der Waals surface area contributed by atoms with Gasteiger partial charge in [0.1, 0.15) is 10.6 Å². The van der Waals surface area contributed by atoms with Crippen LogP contribution in [0.1, 0.15) is 31.0 Å². The lowest BCUT2D eigenvalue weighted by atomic mass is 10.1. The van der Waals surface area contributed by atoms with Crippen molar-refractivity contribution in [2.24, 2.45) is 7.05 Å². The fourth-order valence-electron chi connectivity index (χ4n) is 3.25. The highest BCUT2D eigenvalue weighted by atomic mass is 35.5. The largest absolute Gasteiger partial charge is 0.296 e. The molecular weight excluding hydrogens is 398 g/mol. The second-order valence-corrected chi connectivity index (χ2v) is 8.99. The summed E-state index contributed by atoms with van der Waals surface area (Å²) in [6, 6.07) is 13.8. The number of nitrogens with zero attached hydrogens (tertiary/aromatic N) is 2. The summed E-state index contributed by atoms with van der Waals surface area (Å²) in [4.78, 5) is 13.1. The molecule has 6 nitrogen and oxygen atoms in total. The monoisotopic (exact) mass is 419 g/mol. The van der Waals surface area contributed by atoms with Crippen molar-refractivity contribution in [1.29, 1.82) is 0 Å². The minimum Gasteiger partial charge on any atom is -0.283 e. The van der Waals surface area contributed by atoms with E-state index in [1.165, 1.54) is 10.7 Å². The molecule has 0 aliphatic rings. The fraction of sp³-hybridized carbons (Fsp3) is 0.250. The predicted molar refractivity (Wildman–Crippen MR) is 112 cm³/mol. The predicted octanol–water partition coefficient (Wildman–Crippen LogP) is 4.06. The summed E-state index contributed by atoms with van der Waals surface area (Å²) < 4.78 is 31.5. The maximum Gasteiger partial charge on any atom is 0.296 e. The Hall–Kier alpha value is -2.51. The molecule has 0 aliphatic heterocycles. The van der Waals surface area contributed by atoms with Crippen molar-refractivity contribution >= 4 is 27.3 Å². The van der Waals surface area contributed by atoms with Gasteiger partial charge in [0.25, 0.3) is 15.6 Å². The van der Waals surface area contributed by atoms with E-state index in [1.54, 1.807) is 36.0 Å². The van der Waals surface area contributed by atoms with Crippen molar-refractivity contribution in [3.05, 3.63) is 75.2 Å². The van der Waals surface area contributed by atoms with Gasteiger partial charge in [-0.05, 0) is 42.7 Å². The Kier molecular flexibility index (Phi) is 5.41. The number of halogens is 1. The standard InChI is InChI=1S/C20H22ClN3O3S/c1-13(2)19-18(20(25)24(23(19)4)15-8-6-5-7-9-15)22-28(26,27)17-11-10-14(3)12-16(17)21/h5-13,22H,1-4H3. The summed E-state index contributed by atoms with van der Waals surface area (Å²) in [7, 11) is -2.30. The van der Waals surface area contributed by atoms with Gasteiger partial charge in [0.05, 0.1) is 16.4 Å². The number of aromatic nitrogens is 2. The number of hydrogen-bond acceptors (Lipinski definition) is 3. The summed E-state index contributed by atoms with van der Waals surface area (Å²) >= 11 is 6.15. The van der Waals surface area contributed by atoms with E-state index in [4.69, 9.17) is 11.6 Å². The van der Waals surface area contributed by atoms with Crippen LogP contribution in [-0.2, 0) is 17.1 Å². The summed E-state index contributed by atoms with van der Waals surface area (Å²) in [6.45, 7) is 5.63. The maximum absolute atomic E-state index is 13.1. The summed E-state index contributed by atoms with van der Waals surface area (Å²) in [5, 5.41) is 0.109. The number of hydrogen-bond donors (Lipinski definition) is 1. The van der Waals surface area contributed by atoms with Gasteiger partial charge in [-0.3, -0.25) is 14.2 Å². The molecule has 1 aromatic heterocycles. The number of benzene rings is 2. The third kappa shape index (κ3) is 3.59. The number of rotatable bonds is 5. The fourth-order valence-corrected chi connectivity index (χ4v) is 4.93. The summed E-state index contributed by atoms with van der Waals surface area (Å²) in [5.74, 6) is -0.0890. The number of anilines is 1. The van der Waals surface area contributed by atoms with E-state index >= 15 is 0 Å². The van der Waals surface area contributed by atoms with Gasteiger partial charge in [0.2, 0.25) is 0 Å². The Balaban J connectivity index is 2.18. The molecule has 8 heteroatoms. The topological polar surface area (TPSA) is 73.1 Å². The zero-order chi connectivity index (χ0) is 20.6. The molecule has 0 fully saturated rings. The maximum atomic E-state index is 13.1. The normalized spacial score (nSPS) is 11.8. The van der Waals surface area contributed by atoms with Crippen LogP contribution < -0.4 is 10.3 Å². The average Bonchev–Trinajstić information content (AvgIpc) is 2.85. The molecule has 0 unspecified atom stereocenters. The van der Waals surface area contributed by atoms with Crippen molar-refractivity contribution in [2.75, 3.05) is 4.72 Å². The third-order valence-electron chi connectivity index (χ3n) is 4.47. The van der Waals surface area contributed by atoms with Crippen molar-refractivity contribution in [2.45, 2.75) is 31.6 Å². The summed E-state index contributed by atoms with van der Waals surface area (Å²) in [6.07, 6.45) is 0. The molecule has 1 heterocycles. The van der Waals surface area contributed by atoms with E-state index in [2.05, 4.69) is 4.72 Å². The van der Waals surface area contributed by atoms with Crippen LogP contribution in [0.5, 0.6) is 0 Å². The van der Waals surface area contributed by atoms with Crippen LogP contribution in [0.3, 0.4) is 0 Å². The Morgan fingerprint density at radius 3 is 2.29 bits per heavy atom. The van der Waals surface area contributed by atoms with Gasteiger partial charge in [0.15, 0.2) is 0 Å². The van der Waals surface area contributed by atoms with Crippen molar-refractivity contribution in [3.63, 3.8) is 0 Å². The molecule has 3 rings (SSSR count). The quantitative estimate of drug-likeness (QED) is 0.677. The Bertz CT molecular complexity index is 1180. The van der Waals surface area contributed by atoms with Gasteiger partial charge in [-0.1, -0.05) is 49.7 Å². The number of nitrogens with one attached hydrogen (secondary N) is 1. The van der Waals surface area contributed by atoms with Crippen LogP contribution in [0.25, 0.3) is 5.69 Å². The molecule has 0 aliphatic carbocycles. The van der Waals surface area contributed by atoms with E-state index in [0.29, 0.717) is 11.4 Å². The van der Waals surface area contributed by atoms with Gasteiger partial charge in [-0.2, -0.15) is 0 Å². The number of sulfonamides is 1. The van der Waals surface area contributed by atoms with Gasteiger partial charge in [0, 0.05) is 7.05 Å². The van der Waals surface area contributed by atoms with E-state index in [0.717, 1.165) is 5.56 Å². The van der Waals surface area contributed by atoms with E-state index < -0.39 is 15.6 Å². The molecular formula is C20H22ClN3O3S. The molecule has 0 bridgehead atoms. The third-order valence-corrected chi connectivity index (χ3v) is 6.30. The molecule has 0 saturated heterocycles. The molecule has 0 atom stereocenters. The van der Waals surface area contributed by atoms with Crippen LogP contribution in [0.2, 0.25) is 5.02 Å². The van der Waals surface area contributed by atoms with Crippen molar-refractivity contribution in [3.8, 4) is 5.69 Å². The smallest absolute Gasteiger partial charge is 0.283 e. The molecule has 0 saturated carbocycles. The minimum atomic E-state index is -4.03. The second kappa shape index (κ2) is 7.48. The lowest BCUT2D eigenvalue weighted by Crippen LogP contribution is -2.23. The molecule has 1 N–H and O–H groups in total. The molecule has 148 valence electrons. The lowest BCUT2D eigenvalue weighted by Gasteiger charge is -2.13. The zero-order valence-electron chi connectivity index (χ0n) is 16.1. The average molecular weight is 420 g/mol. The van der Waals surface area contributed by atoms with Crippen LogP contribution in [0.4, 0.5) is 5.69 Å². The molecule has 2 aromatic carbocycles. The number of aryl methyl sites for hydroxylation is 1. The van der Waals surface area contributed by atoms with Crippen molar-refractivity contribution in [1.82, 2.24) is 9.36 Å². The highest BCUT2D eigenvalue weighted by molar-refractivity contribution is 7.92. The van der Waals surface area contributed by atoms with Gasteiger partial charge < -0.3 is 0 Å². The number of para-hydroxylation sites is 1. The van der Waals surface area contributed by atoms with Crippen LogP contribution in [-0.4, -0.2) is 17.8 Å². The molecule has 0 amide bonds. The van der Waals surface area contributed by atoms with Crippen LogP contribution >= 0.6 is 11.6 Å². The first-order chi connectivity index (χ1) is 13.1. The second-order valence-electron chi connectivity index (χ2n) is 6.93. The van der Waals surface area contributed by atoms with E-state index in [-0.39, 0.29) is 21.5 Å². The Morgan fingerprint density at radius 1 is 1.07 bits per heavy atom. The first-order valence-electron chi connectivity index (χ1n) is 8.79. The van der Waals surface area contributed by atoms with E-state index in [9.17, 15) is 13.2 Å². The molecule has 28 heavy (non-hydrogen) atoms. The molecule has 0 spiro atoms. The highest BCUT2D eigenvalue weighted by Crippen LogP contribution is 2.28. The van der Waals surface area contributed by atoms with Gasteiger partial charge >= 0.3 is 0 Å². The Morgan fingerprint density at radius 2 is 1.71 bits per heavy atom. The Labute approximate surface area is 169 Å². The lowest BCUT2D eigenvalue weighted by molar-refractivity contribution is 0.594. The van der Waals surface area contributed by atoms with Crippen molar-refractivity contribution < 1.29 is 8.42 Å². The SMILES string of the molecule is Cc1ccc(S(=O)(=O)Nc2c(C(C)C)n(C)n(-c3ccccc3)c2=O)c(Cl)c1. The first kappa shape index (κ1) is 20.2. The summed E-state index contributed by atoms with van der Waals surface area (Å²) in [5.41, 5.74) is 1.66. The molecule has 0 radical (unpaired) electrons. The van der Waals surface area contributed by atoms with E-state index in [1.807, 2.05) is 39.0 Å². The minimum absolute atomic E-state index is 0.0259. The zero-order valence-corrected chi connectivity index (χ0v) is 17.7. The first-order valence-corrected chi connectivity index (χ1v) is 10.7. The van der Waals surface area contributed by atoms with Gasteiger partial charge in [-0.25, -0.2) is 13.1 Å². The van der Waals surface area contributed by atoms with Crippen LogP contribution in [0, 0.1) is 6.92 Å². The highest BCUT2D eigenvalue weighted by Gasteiger charge is 2.27. The van der Waals surface area contributed by atoms with Gasteiger partial charge in [-0.15, -0.1) is 0 Å². The van der Waals surface area contributed by atoms with Crippen LogP contribution in [0.15, 0.2) is 58.2 Å². The molecule has 3 aromatic rings.